The fraction of sp³-hybridized carbons (Fsp3) is 0.304. The number of rotatable bonds is 8. The zero-order valence-corrected chi connectivity index (χ0v) is 18.3. The van der Waals surface area contributed by atoms with Crippen molar-refractivity contribution in [2.75, 3.05) is 25.7 Å². The van der Waals surface area contributed by atoms with E-state index in [2.05, 4.69) is 0 Å². The number of amides is 3. The van der Waals surface area contributed by atoms with Crippen LogP contribution in [-0.2, 0) is 23.9 Å². The average molecular weight is 458 g/mol. The molecule has 1 saturated heterocycles. The topological polar surface area (TPSA) is 102 Å². The molecule has 9 nitrogen and oxygen atoms in total. The van der Waals surface area contributed by atoms with E-state index in [9.17, 15) is 23.6 Å². The second kappa shape index (κ2) is 10.3. The molecule has 1 heterocycles. The van der Waals surface area contributed by atoms with E-state index in [1.807, 2.05) is 0 Å². The summed E-state index contributed by atoms with van der Waals surface area (Å²) in [6.45, 7) is 1.05. The van der Waals surface area contributed by atoms with Crippen LogP contribution in [0.25, 0.3) is 0 Å². The minimum atomic E-state index is -1.19. The zero-order chi connectivity index (χ0) is 24.1. The van der Waals surface area contributed by atoms with Gasteiger partial charge in [-0.05, 0) is 36.4 Å². The molecule has 0 radical (unpaired) electrons. The molecule has 1 aliphatic heterocycles. The number of carbonyl (C=O) groups excluding carboxylic acids is 4. The number of hydrogen-bond acceptors (Lipinski definition) is 7. The summed E-state index contributed by atoms with van der Waals surface area (Å²) in [5.41, 5.74) is 0.00427. The summed E-state index contributed by atoms with van der Waals surface area (Å²) < 4.78 is 29.6. The lowest BCUT2D eigenvalue weighted by atomic mass is 10.1. The predicted octanol–water partition coefficient (Wildman–Crippen LogP) is 2.14. The smallest absolute Gasteiger partial charge is 0.308 e. The van der Waals surface area contributed by atoms with Crippen LogP contribution in [0.5, 0.6) is 5.75 Å². The molecule has 2 aromatic rings. The van der Waals surface area contributed by atoms with Crippen LogP contribution < -0.4 is 9.64 Å². The lowest BCUT2D eigenvalue weighted by Gasteiger charge is -2.30. The van der Waals surface area contributed by atoms with Gasteiger partial charge in [-0.3, -0.25) is 19.2 Å². The Bertz CT molecular complexity index is 1050. The first kappa shape index (κ1) is 24.0. The van der Waals surface area contributed by atoms with Crippen molar-refractivity contribution in [1.82, 2.24) is 4.90 Å². The molecule has 3 amide bonds. The zero-order valence-electron chi connectivity index (χ0n) is 18.3. The standard InChI is InChI=1S/C23H23FN2O7/c1-14(27)33-16-10-8-15(9-11-16)26-20(28)12-19(23(26)30)25(13-21(31-2)32-3)22(29)17-6-4-5-7-18(17)24/h4-11,19,21H,12-13H2,1-3H3. The Morgan fingerprint density at radius 2 is 1.73 bits per heavy atom. The second-order valence-electron chi connectivity index (χ2n) is 7.21. The molecule has 2 aromatic carbocycles. The van der Waals surface area contributed by atoms with Gasteiger partial charge in [0, 0.05) is 21.1 Å². The second-order valence-corrected chi connectivity index (χ2v) is 7.21. The van der Waals surface area contributed by atoms with Gasteiger partial charge in [-0.15, -0.1) is 0 Å². The molecule has 0 aliphatic carbocycles. The first-order chi connectivity index (χ1) is 15.8. The van der Waals surface area contributed by atoms with E-state index in [4.69, 9.17) is 14.2 Å². The van der Waals surface area contributed by atoms with E-state index >= 15 is 0 Å². The van der Waals surface area contributed by atoms with Gasteiger partial charge in [0.2, 0.25) is 5.91 Å². The number of benzene rings is 2. The Balaban J connectivity index is 1.91. The lowest BCUT2D eigenvalue weighted by Crippen LogP contribution is -2.49. The van der Waals surface area contributed by atoms with E-state index in [0.717, 1.165) is 15.9 Å². The predicted molar refractivity (Wildman–Crippen MR) is 114 cm³/mol. The molecule has 1 unspecified atom stereocenters. The quantitative estimate of drug-likeness (QED) is 0.258. The highest BCUT2D eigenvalue weighted by Gasteiger charge is 2.45. The summed E-state index contributed by atoms with van der Waals surface area (Å²) in [6.07, 6.45) is -1.20. The van der Waals surface area contributed by atoms with Crippen LogP contribution in [0, 0.1) is 5.82 Å². The fourth-order valence-electron chi connectivity index (χ4n) is 3.51. The molecule has 0 aromatic heterocycles. The van der Waals surface area contributed by atoms with Crippen LogP contribution in [0.15, 0.2) is 48.5 Å². The van der Waals surface area contributed by atoms with Crippen LogP contribution in [0.3, 0.4) is 0 Å². The SMILES string of the molecule is COC(CN(C(=O)c1ccccc1F)C1CC(=O)N(c2ccc(OC(C)=O)cc2)C1=O)OC. The number of ether oxygens (including phenoxy) is 3. The summed E-state index contributed by atoms with van der Waals surface area (Å²) >= 11 is 0. The molecule has 3 rings (SSSR count). The van der Waals surface area contributed by atoms with Crippen molar-refractivity contribution in [1.29, 1.82) is 0 Å². The summed E-state index contributed by atoms with van der Waals surface area (Å²) in [5.74, 6) is -2.98. The number of carbonyl (C=O) groups is 4. The molecule has 174 valence electrons. The minimum Gasteiger partial charge on any atom is -0.427 e. The van der Waals surface area contributed by atoms with Gasteiger partial charge < -0.3 is 19.1 Å². The molecule has 0 saturated carbocycles. The highest BCUT2D eigenvalue weighted by Crippen LogP contribution is 2.29. The molecular formula is C23H23FN2O7. The maximum absolute atomic E-state index is 14.3. The minimum absolute atomic E-state index is 0.205. The number of anilines is 1. The number of esters is 1. The Kier molecular flexibility index (Phi) is 7.52. The van der Waals surface area contributed by atoms with Gasteiger partial charge in [0.05, 0.1) is 24.2 Å². The molecular weight excluding hydrogens is 435 g/mol. The highest BCUT2D eigenvalue weighted by molar-refractivity contribution is 6.23. The Morgan fingerprint density at radius 1 is 1.09 bits per heavy atom. The van der Waals surface area contributed by atoms with Crippen molar-refractivity contribution in [2.24, 2.45) is 0 Å². The highest BCUT2D eigenvalue weighted by atomic mass is 19.1. The maximum atomic E-state index is 14.3. The van der Waals surface area contributed by atoms with Gasteiger partial charge in [-0.2, -0.15) is 0 Å². The van der Waals surface area contributed by atoms with E-state index in [0.29, 0.717) is 0 Å². The average Bonchev–Trinajstić information content (AvgIpc) is 3.08. The molecule has 33 heavy (non-hydrogen) atoms. The van der Waals surface area contributed by atoms with Crippen LogP contribution >= 0.6 is 0 Å². The molecule has 0 N–H and O–H groups in total. The normalized spacial score (nSPS) is 15.8. The number of nitrogens with zero attached hydrogens (tertiary/aromatic N) is 2. The molecule has 1 fully saturated rings. The van der Waals surface area contributed by atoms with Gasteiger partial charge in [0.1, 0.15) is 17.6 Å². The number of methoxy groups -OCH3 is 2. The number of imide groups is 1. The van der Waals surface area contributed by atoms with Gasteiger partial charge in [-0.25, -0.2) is 9.29 Å². The lowest BCUT2D eigenvalue weighted by molar-refractivity contribution is -0.132. The fourth-order valence-corrected chi connectivity index (χ4v) is 3.51. The van der Waals surface area contributed by atoms with Crippen LogP contribution in [0.4, 0.5) is 10.1 Å². The third-order valence-electron chi connectivity index (χ3n) is 5.09. The van der Waals surface area contributed by atoms with Gasteiger partial charge in [-0.1, -0.05) is 12.1 Å². The monoisotopic (exact) mass is 458 g/mol. The largest absolute Gasteiger partial charge is 0.427 e. The van der Waals surface area contributed by atoms with Gasteiger partial charge >= 0.3 is 5.97 Å². The van der Waals surface area contributed by atoms with E-state index in [1.54, 1.807) is 0 Å². The first-order valence-electron chi connectivity index (χ1n) is 10.0. The van der Waals surface area contributed by atoms with Crippen LogP contribution in [0.2, 0.25) is 0 Å². The van der Waals surface area contributed by atoms with Crippen molar-refractivity contribution in [3.8, 4) is 5.75 Å². The molecule has 0 bridgehead atoms. The van der Waals surface area contributed by atoms with Crippen molar-refractivity contribution >= 4 is 29.4 Å². The van der Waals surface area contributed by atoms with Crippen molar-refractivity contribution in [2.45, 2.75) is 25.7 Å². The summed E-state index contributed by atoms with van der Waals surface area (Å²) in [7, 11) is 2.72. The molecule has 0 spiro atoms. The van der Waals surface area contributed by atoms with Gasteiger partial charge in [0.25, 0.3) is 11.8 Å². The van der Waals surface area contributed by atoms with Crippen molar-refractivity contribution in [3.05, 3.63) is 59.9 Å². The first-order valence-corrected chi connectivity index (χ1v) is 10.0. The molecule has 10 heteroatoms. The third kappa shape index (κ3) is 5.24. The molecule has 1 atom stereocenters. The van der Waals surface area contributed by atoms with Crippen molar-refractivity contribution in [3.63, 3.8) is 0 Å². The van der Waals surface area contributed by atoms with Crippen LogP contribution in [0.1, 0.15) is 23.7 Å². The maximum Gasteiger partial charge on any atom is 0.308 e. The summed E-state index contributed by atoms with van der Waals surface area (Å²) in [4.78, 5) is 52.3. The third-order valence-corrected chi connectivity index (χ3v) is 5.09. The Labute approximate surface area is 189 Å². The summed E-state index contributed by atoms with van der Waals surface area (Å²) in [5, 5.41) is 0. The van der Waals surface area contributed by atoms with Crippen molar-refractivity contribution < 1.29 is 37.8 Å². The number of hydrogen-bond donors (Lipinski definition) is 0. The molecule has 1 aliphatic rings. The van der Waals surface area contributed by atoms with E-state index in [-0.39, 0.29) is 30.0 Å². The summed E-state index contributed by atoms with van der Waals surface area (Å²) in [6, 6.07) is 9.97. The van der Waals surface area contributed by atoms with E-state index < -0.39 is 41.8 Å². The number of halogens is 1. The van der Waals surface area contributed by atoms with Crippen LogP contribution in [-0.4, -0.2) is 61.7 Å². The Hall–Kier alpha value is -3.63. The Morgan fingerprint density at radius 3 is 2.30 bits per heavy atom. The van der Waals surface area contributed by atoms with Gasteiger partial charge in [0.15, 0.2) is 6.29 Å². The van der Waals surface area contributed by atoms with E-state index in [1.165, 1.54) is 63.6 Å².